The number of carbonyl (C=O) groups excluding carboxylic acids is 2. The van der Waals surface area contributed by atoms with Gasteiger partial charge in [-0.15, -0.1) is 0 Å². The van der Waals surface area contributed by atoms with E-state index in [9.17, 15) is 9.59 Å². The van der Waals surface area contributed by atoms with Gasteiger partial charge in [-0.25, -0.2) is 0 Å². The van der Waals surface area contributed by atoms with Gasteiger partial charge in [0.15, 0.2) is 0 Å². The van der Waals surface area contributed by atoms with E-state index >= 15 is 0 Å². The van der Waals surface area contributed by atoms with Crippen LogP contribution in [0.2, 0.25) is 0 Å². The Labute approximate surface area is 125 Å². The van der Waals surface area contributed by atoms with Crippen molar-refractivity contribution in [3.63, 3.8) is 0 Å². The number of hydrogen-bond acceptors (Lipinski definition) is 2. The molecule has 0 bridgehead atoms. The van der Waals surface area contributed by atoms with Crippen LogP contribution in [0, 0.1) is 12.3 Å². The summed E-state index contributed by atoms with van der Waals surface area (Å²) in [6, 6.07) is 7.70. The minimum atomic E-state index is -0.791. The van der Waals surface area contributed by atoms with Crippen molar-refractivity contribution < 1.29 is 9.59 Å². The van der Waals surface area contributed by atoms with Gasteiger partial charge in [-0.2, -0.15) is 0 Å². The second-order valence-electron chi connectivity index (χ2n) is 6.26. The number of carbonyl (C=O) groups is 2. The molecule has 1 heterocycles. The van der Waals surface area contributed by atoms with Gasteiger partial charge >= 0.3 is 0 Å². The number of benzene rings is 1. The minimum absolute atomic E-state index is 0.0346. The summed E-state index contributed by atoms with van der Waals surface area (Å²) in [5.41, 5.74) is 1.08. The average Bonchev–Trinajstić information content (AvgIpc) is 3.29. The molecule has 0 atom stereocenters. The zero-order chi connectivity index (χ0) is 14.9. The largest absolute Gasteiger partial charge is 0.342 e. The molecular weight excluding hydrogens is 264 g/mol. The Morgan fingerprint density at radius 2 is 1.86 bits per heavy atom. The lowest BCUT2D eigenvalue weighted by molar-refractivity contribution is -0.143. The monoisotopic (exact) mass is 286 g/mol. The number of hydrogen-bond donors (Lipinski definition) is 1. The fraction of sp³-hybridized carbons (Fsp3) is 0.529. The second kappa shape index (κ2) is 5.51. The maximum Gasteiger partial charge on any atom is 0.240 e. The smallest absolute Gasteiger partial charge is 0.240 e. The number of piperidine rings is 1. The van der Waals surface area contributed by atoms with E-state index in [-0.39, 0.29) is 11.8 Å². The van der Waals surface area contributed by atoms with Gasteiger partial charge in [-0.3, -0.25) is 9.59 Å². The molecule has 21 heavy (non-hydrogen) atoms. The van der Waals surface area contributed by atoms with Gasteiger partial charge in [0.1, 0.15) is 5.41 Å². The lowest BCUT2D eigenvalue weighted by atomic mass is 10.0. The molecule has 4 nitrogen and oxygen atoms in total. The zero-order valence-corrected chi connectivity index (χ0v) is 12.5. The summed E-state index contributed by atoms with van der Waals surface area (Å²) >= 11 is 0. The molecule has 2 aliphatic rings. The SMILES string of the molecule is Cc1cccc(NC(=O)C2(C(=O)N3CCCCC3)CC2)c1. The molecule has 1 aromatic rings. The number of aryl methyl sites for hydroxylation is 1. The molecule has 112 valence electrons. The van der Waals surface area contributed by atoms with Gasteiger partial charge in [0.25, 0.3) is 0 Å². The highest BCUT2D eigenvalue weighted by Crippen LogP contribution is 2.48. The lowest BCUT2D eigenvalue weighted by Gasteiger charge is -2.30. The van der Waals surface area contributed by atoms with E-state index in [2.05, 4.69) is 5.32 Å². The van der Waals surface area contributed by atoms with E-state index in [4.69, 9.17) is 0 Å². The van der Waals surface area contributed by atoms with Crippen molar-refractivity contribution in [2.24, 2.45) is 5.41 Å². The van der Waals surface area contributed by atoms with Crippen LogP contribution in [0.1, 0.15) is 37.7 Å². The maximum atomic E-state index is 12.6. The van der Waals surface area contributed by atoms with Crippen LogP contribution in [0.25, 0.3) is 0 Å². The first kappa shape index (κ1) is 14.1. The second-order valence-corrected chi connectivity index (χ2v) is 6.26. The summed E-state index contributed by atoms with van der Waals surface area (Å²) in [6.07, 6.45) is 4.66. The molecule has 2 fully saturated rings. The Balaban J connectivity index is 1.69. The van der Waals surface area contributed by atoms with Crippen molar-refractivity contribution in [1.82, 2.24) is 4.90 Å². The summed E-state index contributed by atoms with van der Waals surface area (Å²) in [7, 11) is 0. The Kier molecular flexibility index (Phi) is 3.70. The number of nitrogens with one attached hydrogen (secondary N) is 1. The molecule has 1 saturated heterocycles. The normalized spacial score (nSPS) is 20.0. The van der Waals surface area contributed by atoms with Crippen LogP contribution in [0.4, 0.5) is 5.69 Å². The number of anilines is 1. The van der Waals surface area contributed by atoms with E-state index in [0.29, 0.717) is 12.8 Å². The van der Waals surface area contributed by atoms with Crippen LogP contribution < -0.4 is 5.32 Å². The number of nitrogens with zero attached hydrogens (tertiary/aromatic N) is 1. The first-order chi connectivity index (χ1) is 10.1. The van der Waals surface area contributed by atoms with Gasteiger partial charge in [-0.05, 0) is 56.7 Å². The molecule has 1 N–H and O–H groups in total. The molecule has 0 spiro atoms. The molecule has 3 rings (SSSR count). The summed E-state index contributed by atoms with van der Waals surface area (Å²) in [4.78, 5) is 27.1. The topological polar surface area (TPSA) is 49.4 Å². The zero-order valence-electron chi connectivity index (χ0n) is 12.5. The standard InChI is InChI=1S/C17H22N2O2/c1-13-6-5-7-14(12-13)18-15(20)17(8-9-17)16(21)19-10-3-2-4-11-19/h5-7,12H,2-4,8-11H2,1H3,(H,18,20). The third kappa shape index (κ3) is 2.80. The van der Waals surface area contributed by atoms with E-state index in [1.807, 2.05) is 36.1 Å². The van der Waals surface area contributed by atoms with Crippen molar-refractivity contribution in [2.75, 3.05) is 18.4 Å². The van der Waals surface area contributed by atoms with Gasteiger partial charge < -0.3 is 10.2 Å². The highest BCUT2D eigenvalue weighted by Gasteiger charge is 2.58. The average molecular weight is 286 g/mol. The first-order valence-corrected chi connectivity index (χ1v) is 7.79. The first-order valence-electron chi connectivity index (χ1n) is 7.79. The van der Waals surface area contributed by atoms with Crippen LogP contribution in [-0.4, -0.2) is 29.8 Å². The van der Waals surface area contributed by atoms with E-state index in [0.717, 1.165) is 37.2 Å². The molecule has 2 amide bonds. The minimum Gasteiger partial charge on any atom is -0.342 e. The summed E-state index contributed by atoms with van der Waals surface area (Å²) in [5, 5.41) is 2.92. The molecule has 1 saturated carbocycles. The molecule has 1 aliphatic heterocycles. The molecule has 0 radical (unpaired) electrons. The van der Waals surface area contributed by atoms with Gasteiger partial charge in [0.05, 0.1) is 0 Å². The highest BCUT2D eigenvalue weighted by molar-refractivity contribution is 6.13. The van der Waals surface area contributed by atoms with E-state index < -0.39 is 5.41 Å². The Morgan fingerprint density at radius 3 is 2.48 bits per heavy atom. The maximum absolute atomic E-state index is 12.6. The predicted molar refractivity (Wildman–Crippen MR) is 81.9 cm³/mol. The van der Waals surface area contributed by atoms with Crippen LogP contribution in [-0.2, 0) is 9.59 Å². The fourth-order valence-corrected chi connectivity index (χ4v) is 3.04. The van der Waals surface area contributed by atoms with Crippen molar-refractivity contribution >= 4 is 17.5 Å². The summed E-state index contributed by atoms with van der Waals surface area (Å²) < 4.78 is 0. The predicted octanol–water partition coefficient (Wildman–Crippen LogP) is 2.73. The number of amides is 2. The highest BCUT2D eigenvalue weighted by atomic mass is 16.2. The van der Waals surface area contributed by atoms with Gasteiger partial charge in [0.2, 0.25) is 11.8 Å². The molecule has 0 unspecified atom stereocenters. The molecule has 1 aromatic carbocycles. The van der Waals surface area contributed by atoms with E-state index in [1.165, 1.54) is 6.42 Å². The van der Waals surface area contributed by atoms with Crippen LogP contribution in [0.5, 0.6) is 0 Å². The Hall–Kier alpha value is -1.84. The van der Waals surface area contributed by atoms with Crippen molar-refractivity contribution in [3.05, 3.63) is 29.8 Å². The van der Waals surface area contributed by atoms with Crippen molar-refractivity contribution in [3.8, 4) is 0 Å². The van der Waals surface area contributed by atoms with Crippen molar-refractivity contribution in [1.29, 1.82) is 0 Å². The van der Waals surface area contributed by atoms with Crippen LogP contribution in [0.15, 0.2) is 24.3 Å². The third-order valence-electron chi connectivity index (χ3n) is 4.51. The summed E-state index contributed by atoms with van der Waals surface area (Å²) in [5.74, 6) is -0.101. The van der Waals surface area contributed by atoms with Crippen LogP contribution in [0.3, 0.4) is 0 Å². The molecule has 0 aromatic heterocycles. The fourth-order valence-electron chi connectivity index (χ4n) is 3.04. The van der Waals surface area contributed by atoms with Crippen LogP contribution >= 0.6 is 0 Å². The van der Waals surface area contributed by atoms with Gasteiger partial charge in [0, 0.05) is 18.8 Å². The van der Waals surface area contributed by atoms with Crippen molar-refractivity contribution in [2.45, 2.75) is 39.0 Å². The summed E-state index contributed by atoms with van der Waals surface area (Å²) in [6.45, 7) is 3.60. The molecule has 1 aliphatic carbocycles. The third-order valence-corrected chi connectivity index (χ3v) is 4.51. The number of likely N-dealkylation sites (tertiary alicyclic amines) is 1. The Morgan fingerprint density at radius 1 is 1.14 bits per heavy atom. The lowest BCUT2D eigenvalue weighted by Crippen LogP contribution is -2.45. The number of rotatable bonds is 3. The van der Waals surface area contributed by atoms with Gasteiger partial charge in [-0.1, -0.05) is 12.1 Å². The Bertz CT molecular complexity index is 558. The molecular formula is C17H22N2O2. The molecule has 4 heteroatoms. The quantitative estimate of drug-likeness (QED) is 0.869. The van der Waals surface area contributed by atoms with E-state index in [1.54, 1.807) is 0 Å².